The Bertz CT molecular complexity index is 922. The standard InChI is InChI=1S/C22H25N3O4/c1-4-9-17-12-15(13-19(20(17)26)29-6-3)14-23-25-22(28)21(27)24-18-11-8-7-10-16(18)5-2/h4,7-8,10-14,26H,1,5-6,9H2,2-3H3,(H,24,27)(H,25,28)/b23-14+. The molecule has 0 aromatic heterocycles. The number of amides is 2. The average molecular weight is 395 g/mol. The number of aryl methyl sites for hydroxylation is 1. The Hall–Kier alpha value is -3.61. The van der Waals surface area contributed by atoms with Crippen molar-refractivity contribution < 1.29 is 19.4 Å². The number of anilines is 1. The van der Waals surface area contributed by atoms with Gasteiger partial charge in [-0.05, 0) is 49.1 Å². The number of hydrazone groups is 1. The largest absolute Gasteiger partial charge is 0.504 e. The van der Waals surface area contributed by atoms with E-state index < -0.39 is 11.8 Å². The van der Waals surface area contributed by atoms with Crippen LogP contribution in [0.1, 0.15) is 30.5 Å². The number of hydrogen-bond donors (Lipinski definition) is 3. The fraction of sp³-hybridized carbons (Fsp3) is 0.227. The third-order valence-electron chi connectivity index (χ3n) is 4.07. The highest BCUT2D eigenvalue weighted by Crippen LogP contribution is 2.31. The van der Waals surface area contributed by atoms with Crippen LogP contribution in [-0.2, 0) is 22.4 Å². The van der Waals surface area contributed by atoms with Crippen LogP contribution in [0.15, 0.2) is 54.2 Å². The Morgan fingerprint density at radius 3 is 2.62 bits per heavy atom. The summed E-state index contributed by atoms with van der Waals surface area (Å²) in [6.45, 7) is 7.82. The van der Waals surface area contributed by atoms with E-state index in [0.29, 0.717) is 35.6 Å². The molecule has 3 N–H and O–H groups in total. The van der Waals surface area contributed by atoms with E-state index in [-0.39, 0.29) is 5.75 Å². The number of aromatic hydroxyl groups is 1. The molecule has 0 fully saturated rings. The molecule has 0 bridgehead atoms. The predicted octanol–water partition coefficient (Wildman–Crippen LogP) is 3.17. The third-order valence-corrected chi connectivity index (χ3v) is 4.07. The number of benzene rings is 2. The van der Waals surface area contributed by atoms with E-state index in [1.165, 1.54) is 6.21 Å². The molecular weight excluding hydrogens is 370 g/mol. The Morgan fingerprint density at radius 2 is 1.93 bits per heavy atom. The molecule has 0 heterocycles. The number of para-hydroxylation sites is 1. The first-order valence-corrected chi connectivity index (χ1v) is 9.32. The van der Waals surface area contributed by atoms with Crippen LogP contribution in [0, 0.1) is 0 Å². The summed E-state index contributed by atoms with van der Waals surface area (Å²) in [4.78, 5) is 24.1. The topological polar surface area (TPSA) is 100 Å². The highest BCUT2D eigenvalue weighted by Gasteiger charge is 2.14. The van der Waals surface area contributed by atoms with Gasteiger partial charge in [0, 0.05) is 11.3 Å². The highest BCUT2D eigenvalue weighted by molar-refractivity contribution is 6.39. The lowest BCUT2D eigenvalue weighted by Crippen LogP contribution is -2.32. The molecular formula is C22H25N3O4. The van der Waals surface area contributed by atoms with E-state index in [1.807, 2.05) is 26.0 Å². The molecule has 0 radical (unpaired) electrons. The number of hydrogen-bond acceptors (Lipinski definition) is 5. The summed E-state index contributed by atoms with van der Waals surface area (Å²) in [5.41, 5.74) is 4.94. The number of rotatable bonds is 8. The first-order valence-electron chi connectivity index (χ1n) is 9.32. The van der Waals surface area contributed by atoms with Crippen LogP contribution in [0.5, 0.6) is 11.5 Å². The summed E-state index contributed by atoms with van der Waals surface area (Å²) in [7, 11) is 0. The SMILES string of the molecule is C=CCc1cc(/C=N/NC(=O)C(=O)Nc2ccccc2CC)cc(OCC)c1O. The summed E-state index contributed by atoms with van der Waals surface area (Å²) in [5, 5.41) is 16.6. The van der Waals surface area contributed by atoms with Gasteiger partial charge in [-0.3, -0.25) is 9.59 Å². The van der Waals surface area contributed by atoms with Crippen molar-refractivity contribution in [2.45, 2.75) is 26.7 Å². The Morgan fingerprint density at radius 1 is 1.17 bits per heavy atom. The summed E-state index contributed by atoms with van der Waals surface area (Å²) in [5.74, 6) is -1.34. The lowest BCUT2D eigenvalue weighted by molar-refractivity contribution is -0.136. The fourth-order valence-corrected chi connectivity index (χ4v) is 2.69. The van der Waals surface area contributed by atoms with Crippen LogP contribution < -0.4 is 15.5 Å². The van der Waals surface area contributed by atoms with Crippen molar-refractivity contribution in [3.8, 4) is 11.5 Å². The quantitative estimate of drug-likeness (QED) is 0.277. The van der Waals surface area contributed by atoms with Gasteiger partial charge in [0.2, 0.25) is 0 Å². The number of phenolic OH excluding ortho intramolecular Hbond substituents is 1. The number of carbonyl (C=O) groups is 2. The van der Waals surface area contributed by atoms with Gasteiger partial charge in [-0.2, -0.15) is 5.10 Å². The van der Waals surface area contributed by atoms with Gasteiger partial charge in [0.05, 0.1) is 12.8 Å². The highest BCUT2D eigenvalue weighted by atomic mass is 16.5. The van der Waals surface area contributed by atoms with E-state index in [9.17, 15) is 14.7 Å². The molecule has 0 aliphatic heterocycles. The van der Waals surface area contributed by atoms with Crippen LogP contribution in [0.3, 0.4) is 0 Å². The summed E-state index contributed by atoms with van der Waals surface area (Å²) >= 11 is 0. The zero-order chi connectivity index (χ0) is 21.2. The van der Waals surface area contributed by atoms with Crippen LogP contribution in [0.2, 0.25) is 0 Å². The second kappa shape index (κ2) is 10.7. The van der Waals surface area contributed by atoms with Crippen LogP contribution >= 0.6 is 0 Å². The molecule has 0 aliphatic carbocycles. The van der Waals surface area contributed by atoms with Gasteiger partial charge in [0.25, 0.3) is 0 Å². The molecule has 0 saturated carbocycles. The van der Waals surface area contributed by atoms with Crippen molar-refractivity contribution in [2.24, 2.45) is 5.10 Å². The molecule has 2 rings (SSSR count). The molecule has 0 saturated heterocycles. The van der Waals surface area contributed by atoms with Gasteiger partial charge in [-0.15, -0.1) is 6.58 Å². The van der Waals surface area contributed by atoms with Gasteiger partial charge >= 0.3 is 11.8 Å². The van der Waals surface area contributed by atoms with Crippen LogP contribution in [-0.4, -0.2) is 29.7 Å². The van der Waals surface area contributed by atoms with Crippen LogP contribution in [0.25, 0.3) is 0 Å². The van der Waals surface area contributed by atoms with Gasteiger partial charge in [0.15, 0.2) is 11.5 Å². The number of allylic oxidation sites excluding steroid dienone is 1. The van der Waals surface area contributed by atoms with E-state index in [4.69, 9.17) is 4.74 Å². The maximum Gasteiger partial charge on any atom is 0.329 e. The Kier molecular flexibility index (Phi) is 7.97. The van der Waals surface area contributed by atoms with Crippen molar-refractivity contribution in [1.82, 2.24) is 5.43 Å². The lowest BCUT2D eigenvalue weighted by atomic mass is 10.1. The van der Waals surface area contributed by atoms with Crippen molar-refractivity contribution in [3.05, 3.63) is 65.7 Å². The second-order valence-corrected chi connectivity index (χ2v) is 6.12. The van der Waals surface area contributed by atoms with Crippen molar-refractivity contribution in [2.75, 3.05) is 11.9 Å². The number of phenols is 1. The molecule has 2 aromatic carbocycles. The van der Waals surface area contributed by atoms with Crippen molar-refractivity contribution in [3.63, 3.8) is 0 Å². The number of nitrogens with zero attached hydrogens (tertiary/aromatic N) is 1. The molecule has 2 amide bonds. The summed E-state index contributed by atoms with van der Waals surface area (Å²) in [6.07, 6.45) is 4.21. The normalized spacial score (nSPS) is 10.6. The van der Waals surface area contributed by atoms with Gasteiger partial charge < -0.3 is 15.2 Å². The Labute approximate surface area is 170 Å². The molecule has 152 valence electrons. The van der Waals surface area contributed by atoms with Crippen molar-refractivity contribution >= 4 is 23.7 Å². The molecule has 0 aliphatic rings. The first kappa shape index (κ1) is 21.7. The smallest absolute Gasteiger partial charge is 0.329 e. The summed E-state index contributed by atoms with van der Waals surface area (Å²) < 4.78 is 5.42. The monoisotopic (exact) mass is 395 g/mol. The van der Waals surface area contributed by atoms with E-state index in [0.717, 1.165) is 12.0 Å². The molecule has 2 aromatic rings. The van der Waals surface area contributed by atoms with E-state index >= 15 is 0 Å². The number of carbonyl (C=O) groups excluding carboxylic acids is 2. The zero-order valence-corrected chi connectivity index (χ0v) is 16.6. The minimum absolute atomic E-state index is 0.0434. The minimum atomic E-state index is -0.887. The molecule has 0 atom stereocenters. The molecule has 0 unspecified atom stereocenters. The maximum absolute atomic E-state index is 12.1. The minimum Gasteiger partial charge on any atom is -0.504 e. The Balaban J connectivity index is 2.07. The van der Waals surface area contributed by atoms with Crippen molar-refractivity contribution in [1.29, 1.82) is 0 Å². The molecule has 7 nitrogen and oxygen atoms in total. The average Bonchev–Trinajstić information content (AvgIpc) is 2.72. The molecule has 0 spiro atoms. The lowest BCUT2D eigenvalue weighted by Gasteiger charge is -2.11. The van der Waals surface area contributed by atoms with Gasteiger partial charge in [-0.25, -0.2) is 5.43 Å². The first-order chi connectivity index (χ1) is 14.0. The van der Waals surface area contributed by atoms with E-state index in [1.54, 1.807) is 30.3 Å². The fourth-order valence-electron chi connectivity index (χ4n) is 2.69. The molecule has 7 heteroatoms. The number of ether oxygens (including phenoxy) is 1. The third kappa shape index (κ3) is 5.93. The number of nitrogens with one attached hydrogen (secondary N) is 2. The second-order valence-electron chi connectivity index (χ2n) is 6.12. The van der Waals surface area contributed by atoms with Gasteiger partial charge in [-0.1, -0.05) is 31.2 Å². The van der Waals surface area contributed by atoms with Crippen LogP contribution in [0.4, 0.5) is 5.69 Å². The maximum atomic E-state index is 12.1. The predicted molar refractivity (Wildman–Crippen MR) is 113 cm³/mol. The zero-order valence-electron chi connectivity index (χ0n) is 16.6. The van der Waals surface area contributed by atoms with Gasteiger partial charge in [0.1, 0.15) is 0 Å². The molecule has 29 heavy (non-hydrogen) atoms. The van der Waals surface area contributed by atoms with E-state index in [2.05, 4.69) is 22.4 Å². The summed E-state index contributed by atoms with van der Waals surface area (Å²) in [6, 6.07) is 10.6.